The van der Waals surface area contributed by atoms with Crippen LogP contribution in [0.5, 0.6) is 0 Å². The minimum atomic E-state index is -0.318. The van der Waals surface area contributed by atoms with E-state index in [1.807, 2.05) is 36.9 Å². The lowest BCUT2D eigenvalue weighted by molar-refractivity contribution is 0.103. The van der Waals surface area contributed by atoms with Crippen LogP contribution >= 0.6 is 0 Å². The predicted molar refractivity (Wildman–Crippen MR) is 76.4 cm³/mol. The van der Waals surface area contributed by atoms with Crippen LogP contribution in [0.1, 0.15) is 55.4 Å². The summed E-state index contributed by atoms with van der Waals surface area (Å²) >= 11 is 0. The van der Waals surface area contributed by atoms with Gasteiger partial charge in [0.25, 0.3) is 0 Å². The molecule has 0 saturated heterocycles. The van der Waals surface area contributed by atoms with Crippen LogP contribution in [0, 0.1) is 0 Å². The molecule has 19 heavy (non-hydrogen) atoms. The number of carbonyl (C=O) groups is 1. The molecule has 1 aliphatic carbocycles. The summed E-state index contributed by atoms with van der Waals surface area (Å²) in [4.78, 5) is 14.7. The van der Waals surface area contributed by atoms with Crippen molar-refractivity contribution in [1.82, 2.24) is 14.7 Å². The average Bonchev–Trinajstić information content (AvgIpc) is 2.69. The lowest BCUT2D eigenvalue weighted by atomic mass is 9.86. The Kier molecular flexibility index (Phi) is 3.07. The summed E-state index contributed by atoms with van der Waals surface area (Å²) in [6.45, 7) is 8.35. The van der Waals surface area contributed by atoms with E-state index in [0.29, 0.717) is 5.92 Å². The van der Waals surface area contributed by atoms with Crippen LogP contribution in [-0.2, 0) is 12.5 Å². The fourth-order valence-electron chi connectivity index (χ4n) is 2.88. The molecule has 0 aliphatic heterocycles. The maximum Gasteiger partial charge on any atom is 0.195 e. The Bertz CT molecular complexity index is 562. The number of ketones is 1. The van der Waals surface area contributed by atoms with Crippen molar-refractivity contribution in [1.29, 1.82) is 0 Å². The molecule has 0 spiro atoms. The van der Waals surface area contributed by atoms with Gasteiger partial charge < -0.3 is 4.90 Å². The van der Waals surface area contributed by atoms with Crippen molar-refractivity contribution < 1.29 is 4.79 Å². The molecule has 4 heteroatoms. The minimum absolute atomic E-state index is 0.130. The summed E-state index contributed by atoms with van der Waals surface area (Å²) in [5, 5.41) is 4.61. The van der Waals surface area contributed by atoms with Gasteiger partial charge in [0, 0.05) is 38.3 Å². The van der Waals surface area contributed by atoms with Crippen molar-refractivity contribution in [3.8, 4) is 0 Å². The second-order valence-electron chi connectivity index (χ2n) is 6.35. The number of aryl methyl sites for hydroxylation is 1. The van der Waals surface area contributed by atoms with Gasteiger partial charge >= 0.3 is 0 Å². The third-order valence-corrected chi connectivity index (χ3v) is 3.76. The van der Waals surface area contributed by atoms with Crippen LogP contribution < -0.4 is 0 Å². The van der Waals surface area contributed by atoms with E-state index in [4.69, 9.17) is 0 Å². The number of hydrogen-bond donors (Lipinski definition) is 0. The molecule has 1 aromatic rings. The number of nitrogens with zero attached hydrogens (tertiary/aromatic N) is 3. The number of aromatic nitrogens is 2. The van der Waals surface area contributed by atoms with E-state index in [9.17, 15) is 4.79 Å². The molecule has 4 nitrogen and oxygen atoms in total. The summed E-state index contributed by atoms with van der Waals surface area (Å²) in [5.74, 6) is 0.421. The second kappa shape index (κ2) is 4.22. The normalized spacial score (nSPS) is 19.4. The Labute approximate surface area is 115 Å². The number of allylic oxidation sites excluding steroid dienone is 1. The first-order valence-electron chi connectivity index (χ1n) is 6.68. The van der Waals surface area contributed by atoms with Crippen LogP contribution in [0.2, 0.25) is 0 Å². The molecule has 1 aliphatic rings. The summed E-state index contributed by atoms with van der Waals surface area (Å²) < 4.78 is 1.86. The quantitative estimate of drug-likeness (QED) is 0.768. The zero-order valence-electron chi connectivity index (χ0n) is 12.9. The predicted octanol–water partition coefficient (Wildman–Crippen LogP) is 2.46. The summed E-state index contributed by atoms with van der Waals surface area (Å²) in [6.07, 6.45) is 1.92. The Morgan fingerprint density at radius 2 is 1.89 bits per heavy atom. The van der Waals surface area contributed by atoms with E-state index in [1.165, 1.54) is 0 Å². The van der Waals surface area contributed by atoms with Crippen molar-refractivity contribution in [3.05, 3.63) is 28.7 Å². The molecule has 0 N–H and O–H groups in total. The van der Waals surface area contributed by atoms with Crippen molar-refractivity contribution >= 4 is 5.78 Å². The van der Waals surface area contributed by atoms with Gasteiger partial charge in [-0.2, -0.15) is 5.10 Å². The molecule has 0 atom stereocenters. The van der Waals surface area contributed by atoms with Gasteiger partial charge in [-0.1, -0.05) is 13.8 Å². The van der Waals surface area contributed by atoms with Crippen molar-refractivity contribution in [2.45, 2.75) is 39.0 Å². The molecule has 1 aromatic heterocycles. The van der Waals surface area contributed by atoms with E-state index in [2.05, 4.69) is 32.8 Å². The molecule has 0 radical (unpaired) electrons. The van der Waals surface area contributed by atoms with Gasteiger partial charge in [0.2, 0.25) is 0 Å². The highest BCUT2D eigenvalue weighted by Crippen LogP contribution is 2.44. The van der Waals surface area contributed by atoms with Gasteiger partial charge in [-0.15, -0.1) is 0 Å². The lowest BCUT2D eigenvalue weighted by Crippen LogP contribution is -2.22. The molecule has 2 rings (SSSR count). The van der Waals surface area contributed by atoms with Gasteiger partial charge in [-0.05, 0) is 19.8 Å². The van der Waals surface area contributed by atoms with Gasteiger partial charge in [-0.3, -0.25) is 9.48 Å². The Morgan fingerprint density at radius 1 is 1.32 bits per heavy atom. The molecular weight excluding hydrogens is 238 g/mol. The number of rotatable bonds is 2. The first kappa shape index (κ1) is 13.8. The summed E-state index contributed by atoms with van der Waals surface area (Å²) in [5.41, 5.74) is 3.28. The van der Waals surface area contributed by atoms with Crippen LogP contribution in [-0.4, -0.2) is 34.6 Å². The van der Waals surface area contributed by atoms with Crippen LogP contribution in [0.4, 0.5) is 0 Å². The number of carbonyl (C=O) groups excluding carboxylic acids is 1. The molecular formula is C15H23N3O. The van der Waals surface area contributed by atoms with Crippen LogP contribution in [0.3, 0.4) is 0 Å². The SMILES string of the molecule is CC(C)c1c2c(nn1C)C(C)(C)/C(=C/N(C)C)C2=O. The molecule has 0 aromatic carbocycles. The third-order valence-electron chi connectivity index (χ3n) is 3.76. The Hall–Kier alpha value is -1.58. The maximum absolute atomic E-state index is 12.7. The monoisotopic (exact) mass is 261 g/mol. The molecule has 0 saturated carbocycles. The molecule has 0 bridgehead atoms. The fourth-order valence-corrected chi connectivity index (χ4v) is 2.88. The van der Waals surface area contributed by atoms with Gasteiger partial charge in [-0.25, -0.2) is 0 Å². The van der Waals surface area contributed by atoms with E-state index >= 15 is 0 Å². The minimum Gasteiger partial charge on any atom is -0.383 e. The van der Waals surface area contributed by atoms with E-state index in [0.717, 1.165) is 22.5 Å². The average molecular weight is 261 g/mol. The van der Waals surface area contributed by atoms with E-state index < -0.39 is 0 Å². The highest BCUT2D eigenvalue weighted by molar-refractivity contribution is 6.15. The first-order valence-corrected chi connectivity index (χ1v) is 6.68. The molecule has 104 valence electrons. The number of hydrogen-bond acceptors (Lipinski definition) is 3. The van der Waals surface area contributed by atoms with E-state index in [1.54, 1.807) is 0 Å². The van der Waals surface area contributed by atoms with Crippen LogP contribution in [0.15, 0.2) is 11.8 Å². The smallest absolute Gasteiger partial charge is 0.195 e. The van der Waals surface area contributed by atoms with E-state index in [-0.39, 0.29) is 11.2 Å². The first-order chi connectivity index (χ1) is 8.67. The van der Waals surface area contributed by atoms with Crippen LogP contribution in [0.25, 0.3) is 0 Å². The van der Waals surface area contributed by atoms with Gasteiger partial charge in [0.1, 0.15) is 0 Å². The zero-order valence-corrected chi connectivity index (χ0v) is 12.9. The molecule has 0 amide bonds. The summed E-state index contributed by atoms with van der Waals surface area (Å²) in [6, 6.07) is 0. The standard InChI is InChI=1S/C15H23N3O/c1-9(2)12-11-13(19)10(8-17(5)6)15(3,4)14(11)16-18(12)7/h8-9H,1-7H3/b10-8+. The summed E-state index contributed by atoms with van der Waals surface area (Å²) in [7, 11) is 5.80. The van der Waals surface area contributed by atoms with Crippen molar-refractivity contribution in [3.63, 3.8) is 0 Å². The molecule has 0 fully saturated rings. The topological polar surface area (TPSA) is 38.1 Å². The highest BCUT2D eigenvalue weighted by Gasteiger charge is 2.46. The highest BCUT2D eigenvalue weighted by atomic mass is 16.1. The molecule has 0 unspecified atom stereocenters. The number of fused-ring (bicyclic) bond motifs is 1. The molecule has 1 heterocycles. The van der Waals surface area contributed by atoms with Gasteiger partial charge in [0.05, 0.1) is 17.0 Å². The number of Topliss-reactive ketones (excluding diaryl/α,β-unsaturated/α-hetero) is 1. The van der Waals surface area contributed by atoms with Crippen molar-refractivity contribution in [2.24, 2.45) is 7.05 Å². The Balaban J connectivity index is 2.69. The fraction of sp³-hybridized carbons (Fsp3) is 0.600. The third kappa shape index (κ3) is 1.90. The zero-order chi connectivity index (χ0) is 14.5. The Morgan fingerprint density at radius 3 is 2.37 bits per heavy atom. The second-order valence-corrected chi connectivity index (χ2v) is 6.35. The van der Waals surface area contributed by atoms with Gasteiger partial charge in [0.15, 0.2) is 5.78 Å². The maximum atomic E-state index is 12.7. The van der Waals surface area contributed by atoms with Crippen molar-refractivity contribution in [2.75, 3.05) is 14.1 Å². The largest absolute Gasteiger partial charge is 0.383 e. The lowest BCUT2D eigenvalue weighted by Gasteiger charge is -2.20.